The molecule has 14 N–H and O–H groups in total. The van der Waals surface area contributed by atoms with E-state index in [2.05, 4.69) is 22.4 Å². The Labute approximate surface area is 382 Å². The monoisotopic (exact) mass is 971 g/mol. The smallest absolute Gasteiger partial charge is 0.187 e. The fraction of sp³-hybridized carbons (Fsp3) is 0.825. The van der Waals surface area contributed by atoms with E-state index in [1.165, 1.54) is 0 Å². The van der Waals surface area contributed by atoms with Crippen LogP contribution >= 0.6 is 12.2 Å². The maximum Gasteiger partial charge on any atom is 0.187 e. The van der Waals surface area contributed by atoms with Crippen molar-refractivity contribution in [2.75, 3.05) is 39.6 Å². The maximum atomic E-state index is 11.5. The van der Waals surface area contributed by atoms with Gasteiger partial charge >= 0.3 is 0 Å². The average molecular weight is 972 g/mol. The van der Waals surface area contributed by atoms with Crippen molar-refractivity contribution in [2.24, 2.45) is 4.99 Å². The molecule has 1 aromatic rings. The first-order chi connectivity index (χ1) is 31.6. The highest BCUT2D eigenvalue weighted by Crippen LogP contribution is 2.33. The lowest BCUT2D eigenvalue weighted by Gasteiger charge is -2.45. The highest BCUT2D eigenvalue weighted by atomic mass is 32.1. The molecule has 0 aromatic heterocycles. The molecule has 0 spiro atoms. The molecule has 5 aliphatic rings. The van der Waals surface area contributed by atoms with Crippen molar-refractivity contribution in [2.45, 2.75) is 167 Å². The Morgan fingerprint density at radius 3 is 1.39 bits per heavy atom. The van der Waals surface area contributed by atoms with E-state index in [9.17, 15) is 71.5 Å². The molecular formula is C40H61NO24S. The van der Waals surface area contributed by atoms with Crippen LogP contribution in [-0.4, -0.2) is 258 Å². The van der Waals surface area contributed by atoms with Crippen molar-refractivity contribution in [1.29, 1.82) is 0 Å². The number of aliphatic hydroxyl groups is 14. The molecule has 0 aliphatic carbocycles. The number of benzene rings is 1. The van der Waals surface area contributed by atoms with Crippen molar-refractivity contribution >= 4 is 23.1 Å². The molecular weight excluding hydrogens is 910 g/mol. The lowest BCUT2D eigenvalue weighted by Crippen LogP contribution is -2.63. The Morgan fingerprint density at radius 1 is 0.455 bits per heavy atom. The van der Waals surface area contributed by atoms with Gasteiger partial charge in [0.1, 0.15) is 110 Å². The molecule has 5 heterocycles. The summed E-state index contributed by atoms with van der Waals surface area (Å²) in [5.74, 6) is 0. The van der Waals surface area contributed by atoms with Gasteiger partial charge in [-0.2, -0.15) is 4.99 Å². The van der Waals surface area contributed by atoms with Gasteiger partial charge in [-0.3, -0.25) is 0 Å². The summed E-state index contributed by atoms with van der Waals surface area (Å²) < 4.78 is 56.2. The summed E-state index contributed by atoms with van der Waals surface area (Å²) in [6.45, 7) is -3.22. The van der Waals surface area contributed by atoms with E-state index in [0.717, 1.165) is 24.8 Å². The number of ether oxygens (including phenoxy) is 10. The third-order valence-electron chi connectivity index (χ3n) is 12.0. The van der Waals surface area contributed by atoms with Crippen molar-refractivity contribution in [3.8, 4) is 0 Å². The van der Waals surface area contributed by atoms with Gasteiger partial charge in [0.25, 0.3) is 0 Å². The van der Waals surface area contributed by atoms with Gasteiger partial charge < -0.3 is 119 Å². The minimum Gasteiger partial charge on any atom is -0.394 e. The standard InChI is InChI=1S/C40H61NO24S/c42-10-18-23(44)28(49)33(54)38(60-18)58-14-22-27(48)35(65-40-31(52)26(47)21(64-40)13-57-37-30(51)24(45)19(11-43)61-37)34(55)39(63-22)59-12-20-25(46)29(50)32(53)36(62-20)56-9-3-1-2-4-16-5-7-17(8-6-16)41-15-66/h5-8,18-40,42-55H,1-4,9-14H2/t18?,19-,20?,21-,22?,23-,24?,25-,26+,27-,28?,29?,30-,31?,32-,33-,34?,35-,36+,37+,38+,39+,40+/m0/s1. The van der Waals surface area contributed by atoms with E-state index in [1.54, 1.807) is 0 Å². The summed E-state index contributed by atoms with van der Waals surface area (Å²) >= 11 is 4.62. The molecule has 5 aliphatic heterocycles. The number of hydrogen-bond acceptors (Lipinski definition) is 26. The summed E-state index contributed by atoms with van der Waals surface area (Å²) in [4.78, 5) is 3.93. The summed E-state index contributed by atoms with van der Waals surface area (Å²) in [6, 6.07) is 7.53. The fourth-order valence-electron chi connectivity index (χ4n) is 8.02. The van der Waals surface area contributed by atoms with E-state index in [1.807, 2.05) is 24.3 Å². The first kappa shape index (κ1) is 53.4. The molecule has 26 heteroatoms. The predicted octanol–water partition coefficient (Wildman–Crippen LogP) is -6.47. The topological polar surface area (TPSA) is 388 Å². The van der Waals surface area contributed by atoms with Crippen LogP contribution in [0.5, 0.6) is 0 Å². The van der Waals surface area contributed by atoms with Crippen LogP contribution in [0.15, 0.2) is 29.3 Å². The number of isothiocyanates is 1. The van der Waals surface area contributed by atoms with Crippen molar-refractivity contribution in [3.63, 3.8) is 0 Å². The second-order valence-electron chi connectivity index (χ2n) is 16.6. The highest BCUT2D eigenvalue weighted by Gasteiger charge is 2.54. The summed E-state index contributed by atoms with van der Waals surface area (Å²) in [6.07, 6.45) is -35.1. The highest BCUT2D eigenvalue weighted by molar-refractivity contribution is 7.78. The van der Waals surface area contributed by atoms with Gasteiger partial charge in [-0.1, -0.05) is 18.6 Å². The molecule has 5 saturated heterocycles. The van der Waals surface area contributed by atoms with Gasteiger partial charge in [0.05, 0.1) is 43.9 Å². The molecule has 5 fully saturated rings. The number of nitrogens with zero attached hydrogens (tertiary/aromatic N) is 1. The zero-order valence-electron chi connectivity index (χ0n) is 35.4. The second kappa shape index (κ2) is 24.8. The molecule has 0 radical (unpaired) electrons. The number of aliphatic imine (C=N–C) groups is 1. The van der Waals surface area contributed by atoms with Crippen LogP contribution in [0.3, 0.4) is 0 Å². The summed E-state index contributed by atoms with van der Waals surface area (Å²) in [5.41, 5.74) is 1.79. The van der Waals surface area contributed by atoms with Crippen molar-refractivity contribution in [1.82, 2.24) is 0 Å². The van der Waals surface area contributed by atoms with Crippen LogP contribution in [0, 0.1) is 0 Å². The van der Waals surface area contributed by atoms with E-state index in [4.69, 9.17) is 47.4 Å². The first-order valence-electron chi connectivity index (χ1n) is 21.5. The molecule has 6 rings (SSSR count). The Balaban J connectivity index is 1.07. The zero-order valence-corrected chi connectivity index (χ0v) is 36.2. The van der Waals surface area contributed by atoms with Gasteiger partial charge in [-0.15, -0.1) is 0 Å². The maximum absolute atomic E-state index is 11.5. The van der Waals surface area contributed by atoms with E-state index in [-0.39, 0.29) is 6.61 Å². The van der Waals surface area contributed by atoms with Gasteiger partial charge in [0, 0.05) is 6.61 Å². The summed E-state index contributed by atoms with van der Waals surface area (Å²) in [5, 5.41) is 149. The van der Waals surface area contributed by atoms with Crippen LogP contribution in [0.2, 0.25) is 0 Å². The van der Waals surface area contributed by atoms with Gasteiger partial charge in [0.15, 0.2) is 31.5 Å². The molecule has 0 amide bonds. The number of thiocarbonyl (C=S) groups is 1. The lowest BCUT2D eigenvalue weighted by molar-refractivity contribution is -0.355. The lowest BCUT2D eigenvalue weighted by atomic mass is 9.97. The molecule has 8 unspecified atom stereocenters. The number of hydrogen-bond donors (Lipinski definition) is 14. The Bertz CT molecular complexity index is 1670. The van der Waals surface area contributed by atoms with Crippen LogP contribution in [0.4, 0.5) is 5.69 Å². The van der Waals surface area contributed by atoms with Gasteiger partial charge in [-0.25, -0.2) is 0 Å². The number of aryl methyl sites for hydroxylation is 1. The largest absolute Gasteiger partial charge is 0.394 e. The third-order valence-corrected chi connectivity index (χ3v) is 12.1. The number of unbranched alkanes of at least 4 members (excludes halogenated alkanes) is 2. The first-order valence-corrected chi connectivity index (χ1v) is 21.9. The minimum atomic E-state index is -1.97. The Kier molecular flexibility index (Phi) is 20.0. The molecule has 1 aromatic carbocycles. The Hall–Kier alpha value is -1.94. The molecule has 25 nitrogen and oxygen atoms in total. The van der Waals surface area contributed by atoms with E-state index in [0.29, 0.717) is 12.1 Å². The molecule has 376 valence electrons. The molecule has 0 bridgehead atoms. The van der Waals surface area contributed by atoms with E-state index < -0.39 is 174 Å². The summed E-state index contributed by atoms with van der Waals surface area (Å²) in [7, 11) is 0. The van der Waals surface area contributed by atoms with Gasteiger partial charge in [0.2, 0.25) is 0 Å². The average Bonchev–Trinajstić information content (AvgIpc) is 3.75. The van der Waals surface area contributed by atoms with Gasteiger partial charge in [-0.05, 0) is 49.2 Å². The second-order valence-corrected chi connectivity index (χ2v) is 16.8. The van der Waals surface area contributed by atoms with Crippen molar-refractivity contribution < 1.29 is 119 Å². The van der Waals surface area contributed by atoms with E-state index >= 15 is 0 Å². The Morgan fingerprint density at radius 2 is 0.864 bits per heavy atom. The van der Waals surface area contributed by atoms with Crippen LogP contribution in [0.1, 0.15) is 24.8 Å². The van der Waals surface area contributed by atoms with Crippen LogP contribution in [-0.2, 0) is 53.8 Å². The van der Waals surface area contributed by atoms with Crippen LogP contribution < -0.4 is 0 Å². The van der Waals surface area contributed by atoms with Crippen LogP contribution in [0.25, 0.3) is 0 Å². The third kappa shape index (κ3) is 12.7. The number of aliphatic hydroxyl groups excluding tert-OH is 14. The minimum absolute atomic E-state index is 0.109. The number of rotatable bonds is 21. The quantitative estimate of drug-likeness (QED) is 0.0309. The molecule has 0 saturated carbocycles. The predicted molar refractivity (Wildman–Crippen MR) is 217 cm³/mol. The molecule has 23 atom stereocenters. The SMILES string of the molecule is OCC1O[C@@H](OCC2O[C@@H](OCC3O[C@@H](OCCCCCc4ccc(N=C=S)cc4)[C@@H](O)C(O)[C@H]3O)C(O)[C@@H](O[C@H]3O[C@@H](CO[C@@H]4O[C@@H](CO)C(O)[C@@H]4O)[C@@H](O)C3O)[C@H]2O)[C@@H](O)C(O)[C@H]1O. The zero-order chi connectivity index (χ0) is 47.8. The molecule has 66 heavy (non-hydrogen) atoms. The normalized spacial score (nSPS) is 44.1. The van der Waals surface area contributed by atoms with Crippen molar-refractivity contribution in [3.05, 3.63) is 29.8 Å². The fourth-order valence-corrected chi connectivity index (χ4v) is 8.13.